The average molecular weight is 291 g/mol. The van der Waals surface area contributed by atoms with Crippen molar-refractivity contribution in [2.24, 2.45) is 0 Å². The molecule has 0 amide bonds. The molecule has 0 atom stereocenters. The number of halogens is 2. The van der Waals surface area contributed by atoms with Crippen LogP contribution in [0.15, 0.2) is 21.5 Å². The third-order valence-corrected chi connectivity index (χ3v) is 1.90. The summed E-state index contributed by atoms with van der Waals surface area (Å²) in [6.07, 6.45) is 1.58. The lowest BCUT2D eigenvalue weighted by Crippen LogP contribution is -2.08. The number of hydrogen-bond acceptors (Lipinski definition) is 1. The fourth-order valence-corrected chi connectivity index (χ4v) is 1.16. The molecule has 0 aliphatic heterocycles. The summed E-state index contributed by atoms with van der Waals surface area (Å²) in [6, 6.07) is 1.69. The minimum absolute atomic E-state index is 0.161. The molecule has 0 spiro atoms. The molecule has 2 nitrogen and oxygen atoms in total. The van der Waals surface area contributed by atoms with Crippen LogP contribution in [0.1, 0.15) is 5.56 Å². The van der Waals surface area contributed by atoms with Crippen LogP contribution >= 0.6 is 31.9 Å². The minimum atomic E-state index is -0.161. The van der Waals surface area contributed by atoms with E-state index in [4.69, 9.17) is 0 Å². The SMILES string of the molecule is O=c1[nH]cc(Br)cc1C#CCBr. The van der Waals surface area contributed by atoms with Gasteiger partial charge >= 0.3 is 0 Å². The van der Waals surface area contributed by atoms with Gasteiger partial charge in [0.1, 0.15) is 0 Å². The number of rotatable bonds is 0. The van der Waals surface area contributed by atoms with Gasteiger partial charge in [0.25, 0.3) is 5.56 Å². The van der Waals surface area contributed by atoms with Gasteiger partial charge in [0.05, 0.1) is 10.9 Å². The first-order valence-electron chi connectivity index (χ1n) is 3.17. The second-order valence-corrected chi connectivity index (χ2v) is 3.47. The molecule has 1 N–H and O–H groups in total. The first-order chi connectivity index (χ1) is 5.74. The Bertz CT molecular complexity index is 386. The summed E-state index contributed by atoms with van der Waals surface area (Å²) in [7, 11) is 0. The van der Waals surface area contributed by atoms with Gasteiger partial charge < -0.3 is 4.98 Å². The van der Waals surface area contributed by atoms with Crippen molar-refractivity contribution in [2.75, 3.05) is 5.33 Å². The Morgan fingerprint density at radius 2 is 2.33 bits per heavy atom. The Morgan fingerprint density at radius 3 is 3.00 bits per heavy atom. The van der Waals surface area contributed by atoms with E-state index in [1.807, 2.05) is 0 Å². The molecule has 0 saturated heterocycles. The van der Waals surface area contributed by atoms with Gasteiger partial charge in [-0.15, -0.1) is 0 Å². The third kappa shape index (κ3) is 2.50. The summed E-state index contributed by atoms with van der Waals surface area (Å²) < 4.78 is 0.820. The maximum atomic E-state index is 11.1. The second-order valence-electron chi connectivity index (χ2n) is 2.00. The van der Waals surface area contributed by atoms with Crippen molar-refractivity contribution in [1.29, 1.82) is 0 Å². The molecule has 0 aromatic carbocycles. The van der Waals surface area contributed by atoms with Gasteiger partial charge in [0.15, 0.2) is 0 Å². The molecule has 12 heavy (non-hydrogen) atoms. The van der Waals surface area contributed by atoms with Crippen LogP contribution in [0.4, 0.5) is 0 Å². The predicted molar refractivity (Wildman–Crippen MR) is 55.4 cm³/mol. The van der Waals surface area contributed by atoms with E-state index in [2.05, 4.69) is 48.7 Å². The minimum Gasteiger partial charge on any atom is -0.327 e. The Morgan fingerprint density at radius 1 is 1.58 bits per heavy atom. The normalized spacial score (nSPS) is 8.83. The summed E-state index contributed by atoms with van der Waals surface area (Å²) in [5.41, 5.74) is 0.315. The number of H-pyrrole nitrogens is 1. The van der Waals surface area contributed by atoms with E-state index in [1.54, 1.807) is 12.3 Å². The summed E-state index contributed by atoms with van der Waals surface area (Å²) in [5, 5.41) is 0.568. The van der Waals surface area contributed by atoms with Crippen molar-refractivity contribution in [2.45, 2.75) is 0 Å². The summed E-state index contributed by atoms with van der Waals surface area (Å²) >= 11 is 6.39. The lowest BCUT2D eigenvalue weighted by molar-refractivity contribution is 1.21. The lowest BCUT2D eigenvalue weighted by Gasteiger charge is -1.89. The summed E-state index contributed by atoms with van der Waals surface area (Å²) in [4.78, 5) is 13.6. The zero-order chi connectivity index (χ0) is 8.97. The highest BCUT2D eigenvalue weighted by atomic mass is 79.9. The standard InChI is InChI=1S/C8H5Br2NO/c9-3-1-2-6-4-7(10)5-11-8(6)12/h4-5H,3H2,(H,11,12). The zero-order valence-corrected chi connectivity index (χ0v) is 9.20. The van der Waals surface area contributed by atoms with E-state index in [-0.39, 0.29) is 5.56 Å². The predicted octanol–water partition coefficient (Wildman–Crippen LogP) is 1.88. The number of pyridine rings is 1. The molecule has 0 saturated carbocycles. The van der Waals surface area contributed by atoms with Crippen molar-refractivity contribution in [3.63, 3.8) is 0 Å². The molecule has 1 rings (SSSR count). The van der Waals surface area contributed by atoms with E-state index in [9.17, 15) is 4.79 Å². The number of aromatic amines is 1. The van der Waals surface area contributed by atoms with E-state index in [1.165, 1.54) is 0 Å². The molecular weight excluding hydrogens is 286 g/mol. The fourth-order valence-electron chi connectivity index (χ4n) is 0.679. The molecule has 0 bridgehead atoms. The largest absolute Gasteiger partial charge is 0.327 e. The average Bonchev–Trinajstić information content (AvgIpc) is 2.07. The molecule has 62 valence electrons. The van der Waals surface area contributed by atoms with Crippen molar-refractivity contribution >= 4 is 31.9 Å². The van der Waals surface area contributed by atoms with E-state index >= 15 is 0 Å². The first kappa shape index (κ1) is 9.56. The zero-order valence-electron chi connectivity index (χ0n) is 6.03. The highest BCUT2D eigenvalue weighted by Crippen LogP contribution is 2.05. The molecule has 1 aromatic heterocycles. The van der Waals surface area contributed by atoms with Crippen molar-refractivity contribution in [3.05, 3.63) is 32.7 Å². The van der Waals surface area contributed by atoms with Crippen LogP contribution in [-0.4, -0.2) is 10.3 Å². The van der Waals surface area contributed by atoms with Crippen LogP contribution in [-0.2, 0) is 0 Å². The van der Waals surface area contributed by atoms with Crippen LogP contribution in [0, 0.1) is 11.8 Å². The van der Waals surface area contributed by atoms with Gasteiger partial charge in [-0.2, -0.15) is 0 Å². The molecule has 0 radical (unpaired) electrons. The van der Waals surface area contributed by atoms with Crippen LogP contribution in [0.5, 0.6) is 0 Å². The Balaban J connectivity index is 3.14. The molecule has 0 unspecified atom stereocenters. The first-order valence-corrected chi connectivity index (χ1v) is 5.08. The summed E-state index contributed by atoms with van der Waals surface area (Å²) in [6.45, 7) is 0. The second kappa shape index (κ2) is 4.48. The highest BCUT2D eigenvalue weighted by Gasteiger charge is 1.94. The maximum absolute atomic E-state index is 11.1. The fraction of sp³-hybridized carbons (Fsp3) is 0.125. The maximum Gasteiger partial charge on any atom is 0.263 e. The van der Waals surface area contributed by atoms with Crippen LogP contribution in [0.25, 0.3) is 0 Å². The molecule has 0 aliphatic rings. The Labute approximate surface area is 86.6 Å². The molecular formula is C8H5Br2NO. The monoisotopic (exact) mass is 289 g/mol. The van der Waals surface area contributed by atoms with Crippen LogP contribution in [0.2, 0.25) is 0 Å². The van der Waals surface area contributed by atoms with Crippen molar-refractivity contribution < 1.29 is 0 Å². The van der Waals surface area contributed by atoms with E-state index in [0.717, 1.165) is 4.47 Å². The van der Waals surface area contributed by atoms with E-state index in [0.29, 0.717) is 10.9 Å². The van der Waals surface area contributed by atoms with Crippen molar-refractivity contribution in [1.82, 2.24) is 4.98 Å². The van der Waals surface area contributed by atoms with Gasteiger partial charge in [-0.25, -0.2) is 0 Å². The van der Waals surface area contributed by atoms with Gasteiger partial charge in [-0.05, 0) is 22.0 Å². The molecule has 1 heterocycles. The molecule has 0 aliphatic carbocycles. The van der Waals surface area contributed by atoms with Gasteiger partial charge in [-0.3, -0.25) is 4.79 Å². The number of nitrogens with one attached hydrogen (secondary N) is 1. The Kier molecular flexibility index (Phi) is 3.57. The number of alkyl halides is 1. The van der Waals surface area contributed by atoms with Gasteiger partial charge in [-0.1, -0.05) is 27.8 Å². The molecule has 4 heteroatoms. The van der Waals surface area contributed by atoms with Gasteiger partial charge in [0, 0.05) is 10.7 Å². The van der Waals surface area contributed by atoms with E-state index < -0.39 is 0 Å². The van der Waals surface area contributed by atoms with Crippen molar-refractivity contribution in [3.8, 4) is 11.8 Å². The van der Waals surface area contributed by atoms with Crippen LogP contribution in [0.3, 0.4) is 0 Å². The summed E-state index contributed by atoms with van der Waals surface area (Å²) in [5.74, 6) is 5.49. The molecule has 0 fully saturated rings. The Hall–Kier alpha value is -0.530. The highest BCUT2D eigenvalue weighted by molar-refractivity contribution is 9.10. The smallest absolute Gasteiger partial charge is 0.263 e. The number of aromatic nitrogens is 1. The number of hydrogen-bond donors (Lipinski definition) is 1. The van der Waals surface area contributed by atoms with Gasteiger partial charge in [0.2, 0.25) is 0 Å². The van der Waals surface area contributed by atoms with Crippen LogP contribution < -0.4 is 5.56 Å². The topological polar surface area (TPSA) is 32.9 Å². The third-order valence-electron chi connectivity index (χ3n) is 1.16. The quantitative estimate of drug-likeness (QED) is 0.574. The molecule has 1 aromatic rings. The lowest BCUT2D eigenvalue weighted by atomic mass is 10.3.